The normalized spacial score (nSPS) is 13.1. The van der Waals surface area contributed by atoms with Crippen LogP contribution in [0.3, 0.4) is 0 Å². The standard InChI is InChI=1S/C16H24O3/c1-11-6-7-13(10-14(11)17)8-9-15(18)19-12(2)16(3,4)5/h6-7,10,12,17H,8-9H2,1-5H3/t12-/m1/s1. The third kappa shape index (κ3) is 4.93. The first-order valence-corrected chi connectivity index (χ1v) is 6.68. The third-order valence-electron chi connectivity index (χ3n) is 3.42. The van der Waals surface area contributed by atoms with Gasteiger partial charge in [-0.15, -0.1) is 0 Å². The number of ether oxygens (including phenoxy) is 1. The van der Waals surface area contributed by atoms with Crippen LogP contribution in [0.15, 0.2) is 18.2 Å². The molecule has 0 amide bonds. The van der Waals surface area contributed by atoms with E-state index in [-0.39, 0.29) is 23.2 Å². The van der Waals surface area contributed by atoms with Crippen LogP contribution in [0.25, 0.3) is 0 Å². The third-order valence-corrected chi connectivity index (χ3v) is 3.42. The Labute approximate surface area is 115 Å². The SMILES string of the molecule is Cc1ccc(CCC(=O)O[C@H](C)C(C)(C)C)cc1O. The maximum Gasteiger partial charge on any atom is 0.306 e. The predicted molar refractivity (Wildman–Crippen MR) is 76.2 cm³/mol. The number of benzene rings is 1. The lowest BCUT2D eigenvalue weighted by molar-refractivity contribution is -0.153. The van der Waals surface area contributed by atoms with Gasteiger partial charge in [0.2, 0.25) is 0 Å². The lowest BCUT2D eigenvalue weighted by atomic mass is 9.90. The summed E-state index contributed by atoms with van der Waals surface area (Å²) >= 11 is 0. The van der Waals surface area contributed by atoms with Gasteiger partial charge in [-0.1, -0.05) is 32.9 Å². The van der Waals surface area contributed by atoms with E-state index in [1.807, 2.05) is 46.8 Å². The zero-order valence-electron chi connectivity index (χ0n) is 12.5. The van der Waals surface area contributed by atoms with Crippen LogP contribution >= 0.6 is 0 Å². The fourth-order valence-corrected chi connectivity index (χ4v) is 1.49. The molecule has 0 aliphatic heterocycles. The average molecular weight is 264 g/mol. The van der Waals surface area contributed by atoms with Gasteiger partial charge in [0.1, 0.15) is 11.9 Å². The molecule has 3 heteroatoms. The average Bonchev–Trinajstić information content (AvgIpc) is 2.29. The molecular weight excluding hydrogens is 240 g/mol. The van der Waals surface area contributed by atoms with Crippen molar-refractivity contribution in [3.8, 4) is 5.75 Å². The lowest BCUT2D eigenvalue weighted by Crippen LogP contribution is -2.28. The fraction of sp³-hybridized carbons (Fsp3) is 0.562. The number of rotatable bonds is 4. The Hall–Kier alpha value is -1.51. The molecule has 0 aliphatic rings. The zero-order chi connectivity index (χ0) is 14.6. The summed E-state index contributed by atoms with van der Waals surface area (Å²) < 4.78 is 5.39. The molecule has 0 saturated heterocycles. The molecule has 19 heavy (non-hydrogen) atoms. The number of esters is 1. The molecule has 1 atom stereocenters. The Balaban J connectivity index is 2.48. The molecule has 1 aromatic carbocycles. The van der Waals surface area contributed by atoms with E-state index < -0.39 is 0 Å². The van der Waals surface area contributed by atoms with E-state index in [2.05, 4.69) is 0 Å². The number of aromatic hydroxyl groups is 1. The first-order chi connectivity index (χ1) is 8.70. The van der Waals surface area contributed by atoms with E-state index in [0.717, 1.165) is 11.1 Å². The molecule has 0 spiro atoms. The van der Waals surface area contributed by atoms with Crippen molar-refractivity contribution in [2.24, 2.45) is 5.41 Å². The first-order valence-electron chi connectivity index (χ1n) is 6.68. The Morgan fingerprint density at radius 1 is 1.37 bits per heavy atom. The van der Waals surface area contributed by atoms with Gasteiger partial charge in [-0.05, 0) is 42.9 Å². The predicted octanol–water partition coefficient (Wildman–Crippen LogP) is 3.61. The van der Waals surface area contributed by atoms with Crippen molar-refractivity contribution >= 4 is 5.97 Å². The minimum absolute atomic E-state index is 0.0439. The van der Waals surface area contributed by atoms with Crippen LogP contribution in [-0.4, -0.2) is 17.2 Å². The monoisotopic (exact) mass is 264 g/mol. The maximum atomic E-state index is 11.7. The van der Waals surface area contributed by atoms with Crippen LogP contribution in [0.1, 0.15) is 45.2 Å². The van der Waals surface area contributed by atoms with Gasteiger partial charge >= 0.3 is 5.97 Å². The smallest absolute Gasteiger partial charge is 0.306 e. The minimum atomic E-state index is -0.192. The highest BCUT2D eigenvalue weighted by atomic mass is 16.5. The number of carbonyl (C=O) groups is 1. The van der Waals surface area contributed by atoms with Crippen LogP contribution in [0.5, 0.6) is 5.75 Å². The first kappa shape index (κ1) is 15.5. The number of aryl methyl sites for hydroxylation is 2. The zero-order valence-corrected chi connectivity index (χ0v) is 12.5. The van der Waals surface area contributed by atoms with Crippen LogP contribution < -0.4 is 0 Å². The molecule has 0 radical (unpaired) electrons. The topological polar surface area (TPSA) is 46.5 Å². The maximum absolute atomic E-state index is 11.7. The van der Waals surface area contributed by atoms with Gasteiger partial charge < -0.3 is 9.84 Å². The number of hydrogen-bond donors (Lipinski definition) is 1. The largest absolute Gasteiger partial charge is 0.508 e. The molecular formula is C16H24O3. The highest BCUT2D eigenvalue weighted by molar-refractivity contribution is 5.70. The molecule has 1 aromatic rings. The second-order valence-corrected chi connectivity index (χ2v) is 6.12. The van der Waals surface area contributed by atoms with Gasteiger partial charge in [0, 0.05) is 6.42 Å². The van der Waals surface area contributed by atoms with Gasteiger partial charge in [-0.3, -0.25) is 4.79 Å². The number of carbonyl (C=O) groups excluding carboxylic acids is 1. The van der Waals surface area contributed by atoms with Crippen molar-refractivity contribution in [1.29, 1.82) is 0 Å². The number of phenols is 1. The van der Waals surface area contributed by atoms with E-state index in [1.54, 1.807) is 6.07 Å². The Morgan fingerprint density at radius 3 is 2.53 bits per heavy atom. The summed E-state index contributed by atoms with van der Waals surface area (Å²) in [7, 11) is 0. The highest BCUT2D eigenvalue weighted by Crippen LogP contribution is 2.22. The summed E-state index contributed by atoms with van der Waals surface area (Å²) in [6.45, 7) is 9.89. The molecule has 0 fully saturated rings. The van der Waals surface area contributed by atoms with Crippen molar-refractivity contribution in [3.63, 3.8) is 0 Å². The number of phenolic OH excluding ortho intramolecular Hbond substituents is 1. The summed E-state index contributed by atoms with van der Waals surface area (Å²) in [5.41, 5.74) is 1.74. The summed E-state index contributed by atoms with van der Waals surface area (Å²) in [5, 5.41) is 9.60. The Kier molecular flexibility index (Phi) is 4.98. The molecule has 0 heterocycles. The molecule has 1 rings (SSSR count). The molecule has 0 bridgehead atoms. The van der Waals surface area contributed by atoms with E-state index in [4.69, 9.17) is 4.74 Å². The van der Waals surface area contributed by atoms with E-state index in [1.165, 1.54) is 0 Å². The van der Waals surface area contributed by atoms with Crippen LogP contribution in [-0.2, 0) is 16.0 Å². The van der Waals surface area contributed by atoms with Crippen molar-refractivity contribution < 1.29 is 14.6 Å². The second kappa shape index (κ2) is 6.09. The van der Waals surface area contributed by atoms with Gasteiger partial charge in [-0.25, -0.2) is 0 Å². The Morgan fingerprint density at radius 2 is 2.00 bits per heavy atom. The van der Waals surface area contributed by atoms with E-state index in [9.17, 15) is 9.90 Å². The summed E-state index contributed by atoms with van der Waals surface area (Å²) in [4.78, 5) is 11.7. The second-order valence-electron chi connectivity index (χ2n) is 6.12. The van der Waals surface area contributed by atoms with Crippen molar-refractivity contribution in [1.82, 2.24) is 0 Å². The van der Waals surface area contributed by atoms with Gasteiger partial charge in [0.25, 0.3) is 0 Å². The molecule has 0 aliphatic carbocycles. The summed E-state index contributed by atoms with van der Waals surface area (Å²) in [6, 6.07) is 5.49. The van der Waals surface area contributed by atoms with Crippen LogP contribution in [0.2, 0.25) is 0 Å². The van der Waals surface area contributed by atoms with Crippen LogP contribution in [0, 0.1) is 12.3 Å². The van der Waals surface area contributed by atoms with Crippen molar-refractivity contribution in [2.45, 2.75) is 53.6 Å². The van der Waals surface area contributed by atoms with E-state index in [0.29, 0.717) is 12.8 Å². The van der Waals surface area contributed by atoms with Crippen LogP contribution in [0.4, 0.5) is 0 Å². The lowest BCUT2D eigenvalue weighted by Gasteiger charge is -2.26. The van der Waals surface area contributed by atoms with E-state index >= 15 is 0 Å². The molecule has 1 N–H and O–H groups in total. The van der Waals surface area contributed by atoms with Crippen molar-refractivity contribution in [3.05, 3.63) is 29.3 Å². The quantitative estimate of drug-likeness (QED) is 0.845. The molecule has 0 saturated carbocycles. The molecule has 0 unspecified atom stereocenters. The molecule has 0 aromatic heterocycles. The highest BCUT2D eigenvalue weighted by Gasteiger charge is 2.23. The molecule has 106 valence electrons. The van der Waals surface area contributed by atoms with Gasteiger partial charge in [-0.2, -0.15) is 0 Å². The van der Waals surface area contributed by atoms with Crippen molar-refractivity contribution in [2.75, 3.05) is 0 Å². The summed E-state index contributed by atoms with van der Waals surface area (Å²) in [6.07, 6.45) is 0.818. The number of hydrogen-bond acceptors (Lipinski definition) is 3. The van der Waals surface area contributed by atoms with Gasteiger partial charge in [0.05, 0.1) is 0 Å². The van der Waals surface area contributed by atoms with Gasteiger partial charge in [0.15, 0.2) is 0 Å². The summed E-state index contributed by atoms with van der Waals surface area (Å²) in [5.74, 6) is 0.0800. The Bertz CT molecular complexity index is 444. The molecule has 3 nitrogen and oxygen atoms in total. The fourth-order valence-electron chi connectivity index (χ4n) is 1.49. The minimum Gasteiger partial charge on any atom is -0.508 e.